The van der Waals surface area contributed by atoms with Crippen molar-refractivity contribution in [1.82, 2.24) is 9.97 Å². The number of hydrogen-bond acceptors (Lipinski definition) is 5. The number of anilines is 3. The van der Waals surface area contributed by atoms with Crippen molar-refractivity contribution in [2.24, 2.45) is 0 Å². The molecule has 0 amide bonds. The van der Waals surface area contributed by atoms with E-state index < -0.39 is 0 Å². The smallest absolute Gasteiger partial charge is 0.134 e. The quantitative estimate of drug-likeness (QED) is 0.844. The number of hydrogen-bond donors (Lipinski definition) is 0. The lowest BCUT2D eigenvalue weighted by Gasteiger charge is -2.37. The molecule has 1 aliphatic heterocycles. The van der Waals surface area contributed by atoms with Crippen molar-refractivity contribution in [2.45, 2.75) is 20.8 Å². The van der Waals surface area contributed by atoms with Gasteiger partial charge in [-0.15, -0.1) is 0 Å². The molecule has 0 spiro atoms. The monoisotopic (exact) mass is 325 g/mol. The van der Waals surface area contributed by atoms with Crippen LogP contribution in [-0.2, 0) is 0 Å². The van der Waals surface area contributed by atoms with Crippen LogP contribution in [0.1, 0.15) is 19.7 Å². The van der Waals surface area contributed by atoms with E-state index in [0.29, 0.717) is 0 Å². The molecule has 0 aliphatic carbocycles. The molecule has 1 aliphatic rings. The summed E-state index contributed by atoms with van der Waals surface area (Å²) in [6.07, 6.45) is 0. The summed E-state index contributed by atoms with van der Waals surface area (Å²) < 4.78 is 0. The van der Waals surface area contributed by atoms with Crippen LogP contribution in [0.25, 0.3) is 0 Å². The lowest BCUT2D eigenvalue weighted by molar-refractivity contribution is 0.645. The number of para-hydroxylation sites is 1. The van der Waals surface area contributed by atoms with Crippen molar-refractivity contribution in [3.05, 3.63) is 42.2 Å². The van der Waals surface area contributed by atoms with Crippen molar-refractivity contribution in [2.75, 3.05) is 54.0 Å². The van der Waals surface area contributed by atoms with Gasteiger partial charge in [0.15, 0.2) is 0 Å². The van der Waals surface area contributed by atoms with Crippen LogP contribution < -0.4 is 14.7 Å². The zero-order chi connectivity index (χ0) is 16.9. The van der Waals surface area contributed by atoms with Gasteiger partial charge in [-0.05, 0) is 32.9 Å². The highest BCUT2D eigenvalue weighted by molar-refractivity contribution is 5.53. The van der Waals surface area contributed by atoms with E-state index in [9.17, 15) is 0 Å². The van der Waals surface area contributed by atoms with E-state index in [1.165, 1.54) is 5.69 Å². The Kier molecular flexibility index (Phi) is 5.18. The molecule has 3 rings (SSSR count). The first-order chi connectivity index (χ1) is 11.7. The zero-order valence-corrected chi connectivity index (χ0v) is 14.9. The van der Waals surface area contributed by atoms with Gasteiger partial charge in [0.25, 0.3) is 0 Å². The molecule has 1 aromatic carbocycles. The van der Waals surface area contributed by atoms with Crippen molar-refractivity contribution >= 4 is 17.3 Å². The highest BCUT2D eigenvalue weighted by atomic mass is 15.3. The van der Waals surface area contributed by atoms with Gasteiger partial charge in [0.1, 0.15) is 17.5 Å². The summed E-state index contributed by atoms with van der Waals surface area (Å²) in [6, 6.07) is 12.8. The maximum Gasteiger partial charge on any atom is 0.134 e. The maximum absolute atomic E-state index is 4.68. The van der Waals surface area contributed by atoms with Crippen molar-refractivity contribution in [3.63, 3.8) is 0 Å². The molecule has 0 N–H and O–H groups in total. The summed E-state index contributed by atoms with van der Waals surface area (Å²) in [5.74, 6) is 2.94. The molecule has 5 heteroatoms. The van der Waals surface area contributed by atoms with Gasteiger partial charge in [0.2, 0.25) is 0 Å². The van der Waals surface area contributed by atoms with Crippen LogP contribution in [0.3, 0.4) is 0 Å². The van der Waals surface area contributed by atoms with Gasteiger partial charge >= 0.3 is 0 Å². The molecule has 0 radical (unpaired) electrons. The Morgan fingerprint density at radius 2 is 1.54 bits per heavy atom. The molecule has 0 saturated carbocycles. The van der Waals surface area contributed by atoms with E-state index >= 15 is 0 Å². The first-order valence-electron chi connectivity index (χ1n) is 8.86. The third-order valence-corrected chi connectivity index (χ3v) is 4.62. The van der Waals surface area contributed by atoms with E-state index in [2.05, 4.69) is 74.9 Å². The number of aryl methyl sites for hydroxylation is 1. The number of aromatic nitrogens is 2. The van der Waals surface area contributed by atoms with E-state index in [1.54, 1.807) is 0 Å². The summed E-state index contributed by atoms with van der Waals surface area (Å²) >= 11 is 0. The van der Waals surface area contributed by atoms with E-state index in [1.807, 2.05) is 6.92 Å². The first-order valence-corrected chi connectivity index (χ1v) is 8.86. The highest BCUT2D eigenvalue weighted by Gasteiger charge is 2.19. The Morgan fingerprint density at radius 3 is 2.17 bits per heavy atom. The molecular weight excluding hydrogens is 298 g/mol. The molecule has 1 aromatic heterocycles. The average Bonchev–Trinajstić information content (AvgIpc) is 2.63. The van der Waals surface area contributed by atoms with Crippen LogP contribution in [0.15, 0.2) is 36.4 Å². The van der Waals surface area contributed by atoms with Gasteiger partial charge in [0, 0.05) is 51.0 Å². The molecule has 24 heavy (non-hydrogen) atoms. The van der Waals surface area contributed by atoms with Crippen molar-refractivity contribution in [3.8, 4) is 0 Å². The molecule has 0 bridgehead atoms. The predicted octanol–water partition coefficient (Wildman–Crippen LogP) is 2.96. The molecular formula is C19H27N5. The van der Waals surface area contributed by atoms with Crippen LogP contribution in [-0.4, -0.2) is 49.2 Å². The zero-order valence-electron chi connectivity index (χ0n) is 14.9. The van der Waals surface area contributed by atoms with Crippen LogP contribution in [0.5, 0.6) is 0 Å². The number of piperazine rings is 1. The standard InChI is InChI=1S/C19H27N5/c1-4-22(5-2)18-15-19(21-16(3)20-18)24-13-11-23(12-14-24)17-9-7-6-8-10-17/h6-10,15H,4-5,11-14H2,1-3H3. The fourth-order valence-corrected chi connectivity index (χ4v) is 3.24. The van der Waals surface area contributed by atoms with Gasteiger partial charge in [0.05, 0.1) is 0 Å². The topological polar surface area (TPSA) is 35.5 Å². The second-order valence-corrected chi connectivity index (χ2v) is 6.11. The third-order valence-electron chi connectivity index (χ3n) is 4.62. The number of benzene rings is 1. The second kappa shape index (κ2) is 7.51. The molecule has 1 saturated heterocycles. The molecule has 0 atom stereocenters. The molecule has 2 aromatic rings. The van der Waals surface area contributed by atoms with Gasteiger partial charge in [-0.3, -0.25) is 0 Å². The lowest BCUT2D eigenvalue weighted by Crippen LogP contribution is -2.47. The molecule has 2 heterocycles. The van der Waals surface area contributed by atoms with Crippen LogP contribution in [0.2, 0.25) is 0 Å². The average molecular weight is 325 g/mol. The SMILES string of the molecule is CCN(CC)c1cc(N2CCN(c3ccccc3)CC2)nc(C)n1. The minimum atomic E-state index is 0.847. The summed E-state index contributed by atoms with van der Waals surface area (Å²) in [5, 5.41) is 0. The third kappa shape index (κ3) is 3.61. The van der Waals surface area contributed by atoms with Gasteiger partial charge < -0.3 is 14.7 Å². The summed E-state index contributed by atoms with van der Waals surface area (Å²) in [6.45, 7) is 12.3. The maximum atomic E-state index is 4.68. The minimum absolute atomic E-state index is 0.847. The minimum Gasteiger partial charge on any atom is -0.368 e. The Labute approximate surface area is 144 Å². The van der Waals surface area contributed by atoms with E-state index in [4.69, 9.17) is 0 Å². The fourth-order valence-electron chi connectivity index (χ4n) is 3.24. The Balaban J connectivity index is 1.72. The summed E-state index contributed by atoms with van der Waals surface area (Å²) in [4.78, 5) is 16.4. The Hall–Kier alpha value is -2.30. The van der Waals surface area contributed by atoms with Crippen molar-refractivity contribution in [1.29, 1.82) is 0 Å². The molecule has 1 fully saturated rings. The molecule has 128 valence electrons. The molecule has 5 nitrogen and oxygen atoms in total. The fraction of sp³-hybridized carbons (Fsp3) is 0.474. The van der Waals surface area contributed by atoms with Gasteiger partial charge in [-0.25, -0.2) is 9.97 Å². The van der Waals surface area contributed by atoms with Gasteiger partial charge in [-0.2, -0.15) is 0 Å². The van der Waals surface area contributed by atoms with Crippen LogP contribution in [0, 0.1) is 6.92 Å². The van der Waals surface area contributed by atoms with Crippen LogP contribution >= 0.6 is 0 Å². The largest absolute Gasteiger partial charge is 0.368 e. The molecule has 0 unspecified atom stereocenters. The van der Waals surface area contributed by atoms with E-state index in [0.717, 1.165) is 56.7 Å². The van der Waals surface area contributed by atoms with Gasteiger partial charge in [-0.1, -0.05) is 18.2 Å². The second-order valence-electron chi connectivity index (χ2n) is 6.11. The Bertz CT molecular complexity index is 646. The Morgan fingerprint density at radius 1 is 0.917 bits per heavy atom. The predicted molar refractivity (Wildman–Crippen MR) is 101 cm³/mol. The van der Waals surface area contributed by atoms with Crippen molar-refractivity contribution < 1.29 is 0 Å². The van der Waals surface area contributed by atoms with E-state index in [-0.39, 0.29) is 0 Å². The summed E-state index contributed by atoms with van der Waals surface area (Å²) in [5.41, 5.74) is 1.31. The number of nitrogens with zero attached hydrogens (tertiary/aromatic N) is 5. The normalized spacial score (nSPS) is 14.8. The lowest BCUT2D eigenvalue weighted by atomic mass is 10.2. The number of rotatable bonds is 5. The summed E-state index contributed by atoms with van der Waals surface area (Å²) in [7, 11) is 0. The highest BCUT2D eigenvalue weighted by Crippen LogP contribution is 2.22. The first kappa shape index (κ1) is 16.6. The van der Waals surface area contributed by atoms with Crippen LogP contribution in [0.4, 0.5) is 17.3 Å².